The SMILES string of the molecule is Cc1sc(-c2cc[n+](C)cc2)cc1C1=C(c2cc(-c3cc[n+](C)cc3)sc2C)CCC1.[I-].[I-]. The minimum atomic E-state index is 0. The normalized spacial score (nSPS) is 13.1. The van der Waals surface area contributed by atoms with E-state index in [9.17, 15) is 0 Å². The monoisotopic (exact) mass is 698 g/mol. The van der Waals surface area contributed by atoms with Gasteiger partial charge in [0.1, 0.15) is 14.1 Å². The summed E-state index contributed by atoms with van der Waals surface area (Å²) in [6.45, 7) is 4.57. The van der Waals surface area contributed by atoms with Gasteiger partial charge in [0.05, 0.1) is 0 Å². The first-order chi connectivity index (χ1) is 15.0. The lowest BCUT2D eigenvalue weighted by molar-refractivity contribution is -0.671. The number of nitrogens with zero attached hydrogens (tertiary/aromatic N) is 2. The number of halogens is 2. The van der Waals surface area contributed by atoms with E-state index in [4.69, 9.17) is 0 Å². The van der Waals surface area contributed by atoms with Crippen LogP contribution in [0.3, 0.4) is 0 Å². The molecule has 0 N–H and O–H groups in total. The molecular weight excluding hydrogens is 670 g/mol. The zero-order valence-electron chi connectivity index (χ0n) is 19.4. The fraction of sp³-hybridized carbons (Fsp3) is 0.259. The molecule has 4 aromatic rings. The molecule has 0 aromatic carbocycles. The number of hydrogen-bond acceptors (Lipinski definition) is 2. The van der Waals surface area contributed by atoms with Crippen LogP contribution in [0.25, 0.3) is 32.0 Å². The van der Waals surface area contributed by atoms with Crippen molar-refractivity contribution in [1.82, 2.24) is 0 Å². The summed E-state index contributed by atoms with van der Waals surface area (Å²) in [7, 11) is 4.13. The lowest BCUT2D eigenvalue weighted by atomic mass is 9.97. The van der Waals surface area contributed by atoms with Gasteiger partial charge in [-0.05, 0) is 67.5 Å². The Morgan fingerprint density at radius 1 is 0.636 bits per heavy atom. The molecule has 0 bridgehead atoms. The molecule has 4 aromatic heterocycles. The summed E-state index contributed by atoms with van der Waals surface area (Å²) in [6, 6.07) is 13.7. The van der Waals surface area contributed by atoms with Gasteiger partial charge >= 0.3 is 0 Å². The van der Waals surface area contributed by atoms with Gasteiger partial charge in [0.15, 0.2) is 24.8 Å². The summed E-state index contributed by atoms with van der Waals surface area (Å²) < 4.78 is 4.18. The Balaban J connectivity index is 0.00000153. The van der Waals surface area contributed by atoms with E-state index in [0.29, 0.717) is 0 Å². The molecule has 0 aliphatic heterocycles. The number of aryl methyl sites for hydroxylation is 4. The Hall–Kier alpha value is -1.10. The van der Waals surface area contributed by atoms with Crippen molar-refractivity contribution in [3.63, 3.8) is 0 Å². The minimum Gasteiger partial charge on any atom is -1.00 e. The quantitative estimate of drug-likeness (QED) is 0.217. The van der Waals surface area contributed by atoms with Crippen molar-refractivity contribution in [1.29, 1.82) is 0 Å². The number of hydrogen-bond donors (Lipinski definition) is 0. The lowest BCUT2D eigenvalue weighted by Gasteiger charge is -2.07. The molecule has 0 fully saturated rings. The van der Waals surface area contributed by atoms with Crippen molar-refractivity contribution in [2.75, 3.05) is 0 Å². The third-order valence-corrected chi connectivity index (χ3v) is 8.43. The van der Waals surface area contributed by atoms with E-state index in [1.54, 1.807) is 11.1 Å². The Labute approximate surface area is 239 Å². The van der Waals surface area contributed by atoms with Crippen molar-refractivity contribution in [3.8, 4) is 20.9 Å². The van der Waals surface area contributed by atoms with Gasteiger partial charge in [-0.3, -0.25) is 0 Å². The molecule has 0 radical (unpaired) electrons. The average molecular weight is 698 g/mol. The van der Waals surface area contributed by atoms with E-state index >= 15 is 0 Å². The predicted molar refractivity (Wildman–Crippen MR) is 132 cm³/mol. The van der Waals surface area contributed by atoms with E-state index in [1.165, 1.54) is 61.0 Å². The van der Waals surface area contributed by atoms with E-state index in [2.05, 4.69) is 98.3 Å². The molecule has 6 heteroatoms. The van der Waals surface area contributed by atoms with Crippen LogP contribution in [-0.2, 0) is 14.1 Å². The van der Waals surface area contributed by atoms with Crippen LogP contribution >= 0.6 is 22.7 Å². The molecule has 4 heterocycles. The maximum absolute atomic E-state index is 2.43. The molecule has 33 heavy (non-hydrogen) atoms. The van der Waals surface area contributed by atoms with Crippen LogP contribution in [-0.4, -0.2) is 0 Å². The smallest absolute Gasteiger partial charge is 0.169 e. The first-order valence-corrected chi connectivity index (χ1v) is 12.5. The summed E-state index contributed by atoms with van der Waals surface area (Å²) >= 11 is 3.84. The van der Waals surface area contributed by atoms with Gasteiger partial charge in [-0.15, -0.1) is 22.7 Å². The second-order valence-corrected chi connectivity index (χ2v) is 11.0. The standard InChI is InChI=1S/C27H28N2S2.2HI/c1-18-24(16-26(30-18)20-8-12-28(3)13-9-20)22-6-5-7-23(22)25-17-27(31-19(25)2)21-10-14-29(4)15-11-21;;/h8-17H,5-7H2,1-4H3;2*1H/q+2;;/p-2. The Bertz CT molecular complexity index is 1180. The van der Waals surface area contributed by atoms with Gasteiger partial charge in [0, 0.05) is 54.9 Å². The lowest BCUT2D eigenvalue weighted by Crippen LogP contribution is -3.00. The number of aromatic nitrogens is 2. The fourth-order valence-electron chi connectivity index (χ4n) is 4.52. The number of rotatable bonds is 4. The van der Waals surface area contributed by atoms with Crippen molar-refractivity contribution < 1.29 is 57.1 Å². The van der Waals surface area contributed by atoms with Crippen LogP contribution in [0.1, 0.15) is 40.1 Å². The van der Waals surface area contributed by atoms with Crippen LogP contribution in [0.5, 0.6) is 0 Å². The van der Waals surface area contributed by atoms with Crippen molar-refractivity contribution in [3.05, 3.63) is 82.1 Å². The van der Waals surface area contributed by atoms with Crippen LogP contribution in [0.4, 0.5) is 0 Å². The zero-order chi connectivity index (χ0) is 21.5. The molecular formula is C27H28I2N2S2. The topological polar surface area (TPSA) is 7.76 Å². The van der Waals surface area contributed by atoms with E-state index in [0.717, 1.165) is 0 Å². The number of thiophene rings is 2. The first kappa shape index (κ1) is 26.5. The summed E-state index contributed by atoms with van der Waals surface area (Å²) in [6.07, 6.45) is 12.1. The third kappa shape index (κ3) is 5.44. The van der Waals surface area contributed by atoms with Gasteiger partial charge in [0.2, 0.25) is 0 Å². The van der Waals surface area contributed by atoms with E-state index < -0.39 is 0 Å². The first-order valence-electron chi connectivity index (χ1n) is 10.8. The van der Waals surface area contributed by atoms with Crippen molar-refractivity contribution in [2.45, 2.75) is 33.1 Å². The highest BCUT2D eigenvalue weighted by atomic mass is 127. The van der Waals surface area contributed by atoms with Gasteiger partial charge in [-0.2, -0.15) is 0 Å². The molecule has 0 amide bonds. The molecule has 1 aliphatic rings. The zero-order valence-corrected chi connectivity index (χ0v) is 25.3. The van der Waals surface area contributed by atoms with Crippen LogP contribution < -0.4 is 57.1 Å². The van der Waals surface area contributed by atoms with Crippen LogP contribution in [0.15, 0.2) is 61.2 Å². The average Bonchev–Trinajstić information content (AvgIpc) is 3.47. The largest absolute Gasteiger partial charge is 1.00 e. The maximum Gasteiger partial charge on any atom is 0.169 e. The molecule has 0 unspecified atom stereocenters. The maximum atomic E-state index is 2.43. The van der Waals surface area contributed by atoms with Gasteiger partial charge < -0.3 is 48.0 Å². The molecule has 0 saturated carbocycles. The van der Waals surface area contributed by atoms with Crippen molar-refractivity contribution >= 4 is 33.8 Å². The second kappa shape index (κ2) is 11.1. The Morgan fingerprint density at radius 2 is 1.00 bits per heavy atom. The number of pyridine rings is 2. The Kier molecular flexibility index (Phi) is 8.91. The molecule has 0 saturated heterocycles. The van der Waals surface area contributed by atoms with E-state index in [-0.39, 0.29) is 48.0 Å². The Morgan fingerprint density at radius 3 is 1.36 bits per heavy atom. The predicted octanol–water partition coefficient (Wildman–Crippen LogP) is 0.512. The van der Waals surface area contributed by atoms with Gasteiger partial charge in [-0.1, -0.05) is 0 Å². The fourth-order valence-corrected chi connectivity index (χ4v) is 6.62. The van der Waals surface area contributed by atoms with E-state index in [1.807, 2.05) is 22.7 Å². The van der Waals surface area contributed by atoms with Gasteiger partial charge in [0.25, 0.3) is 0 Å². The summed E-state index contributed by atoms with van der Waals surface area (Å²) in [5.74, 6) is 0. The molecule has 1 aliphatic carbocycles. The molecule has 172 valence electrons. The highest BCUT2D eigenvalue weighted by Crippen LogP contribution is 2.47. The summed E-state index contributed by atoms with van der Waals surface area (Å²) in [4.78, 5) is 5.60. The molecule has 2 nitrogen and oxygen atoms in total. The van der Waals surface area contributed by atoms with Crippen LogP contribution in [0.2, 0.25) is 0 Å². The summed E-state index contributed by atoms with van der Waals surface area (Å²) in [5.41, 5.74) is 8.66. The van der Waals surface area contributed by atoms with Crippen molar-refractivity contribution in [2.24, 2.45) is 14.1 Å². The highest BCUT2D eigenvalue weighted by molar-refractivity contribution is 7.16. The molecule has 0 atom stereocenters. The van der Waals surface area contributed by atoms with Crippen LogP contribution in [0, 0.1) is 13.8 Å². The highest BCUT2D eigenvalue weighted by Gasteiger charge is 2.23. The summed E-state index contributed by atoms with van der Waals surface area (Å²) in [5, 5.41) is 0. The third-order valence-electron chi connectivity index (χ3n) is 6.23. The van der Waals surface area contributed by atoms with Gasteiger partial charge in [-0.25, -0.2) is 9.13 Å². The molecule has 0 spiro atoms. The molecule has 5 rings (SSSR count). The number of allylic oxidation sites excluding steroid dienone is 2. The second-order valence-electron chi connectivity index (χ2n) is 8.48. The minimum absolute atomic E-state index is 0.